The standard InChI is InChI=1S/C16H26N2/c1-5-12(2)15(17-4)11-18-13(3)10-14-8-6-7-9-16(14)18/h6-9,12-13,15,17H,5,10-11H2,1-4H3. The summed E-state index contributed by atoms with van der Waals surface area (Å²) >= 11 is 0. The number of para-hydroxylation sites is 1. The molecule has 1 aliphatic rings. The lowest BCUT2D eigenvalue weighted by atomic mass is 9.98. The smallest absolute Gasteiger partial charge is 0.0402 e. The summed E-state index contributed by atoms with van der Waals surface area (Å²) in [6.07, 6.45) is 2.42. The Labute approximate surface area is 111 Å². The fourth-order valence-corrected chi connectivity index (χ4v) is 2.96. The second kappa shape index (κ2) is 5.75. The van der Waals surface area contributed by atoms with Crippen LogP contribution in [0.15, 0.2) is 24.3 Å². The van der Waals surface area contributed by atoms with Gasteiger partial charge in [0.25, 0.3) is 0 Å². The van der Waals surface area contributed by atoms with E-state index < -0.39 is 0 Å². The maximum Gasteiger partial charge on any atom is 0.0402 e. The van der Waals surface area contributed by atoms with E-state index in [9.17, 15) is 0 Å². The number of likely N-dealkylation sites (N-methyl/N-ethyl adjacent to an activating group) is 1. The number of anilines is 1. The lowest BCUT2D eigenvalue weighted by Crippen LogP contribution is -2.45. The second-order valence-electron chi connectivity index (χ2n) is 5.61. The first-order valence-corrected chi connectivity index (χ1v) is 7.19. The van der Waals surface area contributed by atoms with Gasteiger partial charge in [-0.1, -0.05) is 38.5 Å². The van der Waals surface area contributed by atoms with Gasteiger partial charge in [-0.25, -0.2) is 0 Å². The molecule has 0 fully saturated rings. The minimum Gasteiger partial charge on any atom is -0.367 e. The normalized spacial score (nSPS) is 21.8. The molecule has 2 rings (SSSR count). The molecule has 2 nitrogen and oxygen atoms in total. The fraction of sp³-hybridized carbons (Fsp3) is 0.625. The van der Waals surface area contributed by atoms with Crippen LogP contribution in [0.3, 0.4) is 0 Å². The summed E-state index contributed by atoms with van der Waals surface area (Å²) < 4.78 is 0. The molecule has 0 saturated carbocycles. The van der Waals surface area contributed by atoms with E-state index in [1.165, 1.54) is 24.1 Å². The van der Waals surface area contributed by atoms with Crippen molar-refractivity contribution in [2.45, 2.75) is 45.7 Å². The Morgan fingerprint density at radius 3 is 2.78 bits per heavy atom. The third kappa shape index (κ3) is 2.54. The van der Waals surface area contributed by atoms with Crippen molar-refractivity contribution in [2.75, 3.05) is 18.5 Å². The van der Waals surface area contributed by atoms with Crippen molar-refractivity contribution in [1.29, 1.82) is 0 Å². The van der Waals surface area contributed by atoms with Gasteiger partial charge in [-0.2, -0.15) is 0 Å². The fourth-order valence-electron chi connectivity index (χ4n) is 2.96. The topological polar surface area (TPSA) is 15.3 Å². The summed E-state index contributed by atoms with van der Waals surface area (Å²) in [5, 5.41) is 3.49. The van der Waals surface area contributed by atoms with Crippen molar-refractivity contribution in [2.24, 2.45) is 5.92 Å². The number of benzene rings is 1. The molecule has 0 radical (unpaired) electrons. The van der Waals surface area contributed by atoms with Crippen LogP contribution in [0.4, 0.5) is 5.69 Å². The van der Waals surface area contributed by atoms with Crippen LogP contribution >= 0.6 is 0 Å². The van der Waals surface area contributed by atoms with Gasteiger partial charge in [-0.3, -0.25) is 0 Å². The monoisotopic (exact) mass is 246 g/mol. The van der Waals surface area contributed by atoms with E-state index in [1.807, 2.05) is 0 Å². The van der Waals surface area contributed by atoms with Crippen LogP contribution in [0.25, 0.3) is 0 Å². The Balaban J connectivity index is 2.13. The van der Waals surface area contributed by atoms with Crippen LogP contribution in [0.5, 0.6) is 0 Å². The number of fused-ring (bicyclic) bond motifs is 1. The van der Waals surface area contributed by atoms with Crippen LogP contribution in [-0.2, 0) is 6.42 Å². The molecule has 100 valence electrons. The molecule has 1 aromatic rings. The quantitative estimate of drug-likeness (QED) is 0.859. The Hall–Kier alpha value is -1.02. The van der Waals surface area contributed by atoms with Gasteiger partial charge < -0.3 is 10.2 Å². The summed E-state index contributed by atoms with van der Waals surface area (Å²) in [4.78, 5) is 2.57. The maximum absolute atomic E-state index is 3.49. The molecule has 18 heavy (non-hydrogen) atoms. The van der Waals surface area contributed by atoms with E-state index in [1.54, 1.807) is 0 Å². The number of nitrogens with one attached hydrogen (secondary N) is 1. The number of rotatable bonds is 5. The lowest BCUT2D eigenvalue weighted by Gasteiger charge is -2.32. The van der Waals surface area contributed by atoms with Gasteiger partial charge in [-0.15, -0.1) is 0 Å². The zero-order valence-electron chi connectivity index (χ0n) is 12.1. The molecule has 1 heterocycles. The van der Waals surface area contributed by atoms with Crippen molar-refractivity contribution in [3.63, 3.8) is 0 Å². The van der Waals surface area contributed by atoms with E-state index >= 15 is 0 Å². The molecule has 0 spiro atoms. The van der Waals surface area contributed by atoms with Crippen LogP contribution < -0.4 is 10.2 Å². The lowest BCUT2D eigenvalue weighted by molar-refractivity contribution is 0.381. The Kier molecular flexibility index (Phi) is 4.28. The second-order valence-corrected chi connectivity index (χ2v) is 5.61. The van der Waals surface area contributed by atoms with E-state index in [2.05, 4.69) is 62.3 Å². The summed E-state index contributed by atoms with van der Waals surface area (Å²) in [7, 11) is 2.09. The molecular formula is C16H26N2. The minimum atomic E-state index is 0.573. The summed E-state index contributed by atoms with van der Waals surface area (Å²) in [5.74, 6) is 0.718. The average Bonchev–Trinajstić information content (AvgIpc) is 2.71. The summed E-state index contributed by atoms with van der Waals surface area (Å²) in [5.41, 5.74) is 2.94. The maximum atomic E-state index is 3.49. The molecule has 0 amide bonds. The molecule has 2 heteroatoms. The van der Waals surface area contributed by atoms with E-state index in [0.717, 1.165) is 12.5 Å². The first-order valence-electron chi connectivity index (χ1n) is 7.19. The predicted molar refractivity (Wildman–Crippen MR) is 79.3 cm³/mol. The Morgan fingerprint density at radius 1 is 1.39 bits per heavy atom. The van der Waals surface area contributed by atoms with E-state index in [4.69, 9.17) is 0 Å². The van der Waals surface area contributed by atoms with Crippen LogP contribution in [0.1, 0.15) is 32.8 Å². The van der Waals surface area contributed by atoms with Crippen LogP contribution in [0, 0.1) is 5.92 Å². The van der Waals surface area contributed by atoms with Gasteiger partial charge in [0.2, 0.25) is 0 Å². The number of hydrogen-bond donors (Lipinski definition) is 1. The molecule has 0 aromatic heterocycles. The molecule has 1 N–H and O–H groups in total. The van der Waals surface area contributed by atoms with Gasteiger partial charge in [0.15, 0.2) is 0 Å². The first-order chi connectivity index (χ1) is 8.67. The van der Waals surface area contributed by atoms with Gasteiger partial charge >= 0.3 is 0 Å². The van der Waals surface area contributed by atoms with Gasteiger partial charge in [-0.05, 0) is 37.9 Å². The molecule has 3 atom stereocenters. The molecule has 0 saturated heterocycles. The Morgan fingerprint density at radius 2 is 2.11 bits per heavy atom. The van der Waals surface area contributed by atoms with E-state index in [-0.39, 0.29) is 0 Å². The molecule has 0 bridgehead atoms. The van der Waals surface area contributed by atoms with Gasteiger partial charge in [0, 0.05) is 24.3 Å². The highest BCUT2D eigenvalue weighted by Crippen LogP contribution is 2.32. The van der Waals surface area contributed by atoms with Crippen LogP contribution in [-0.4, -0.2) is 25.7 Å². The summed E-state index contributed by atoms with van der Waals surface area (Å²) in [6.45, 7) is 8.07. The predicted octanol–water partition coefficient (Wildman–Crippen LogP) is 3.07. The molecule has 1 aromatic carbocycles. The van der Waals surface area contributed by atoms with Gasteiger partial charge in [0.1, 0.15) is 0 Å². The molecule has 0 aliphatic carbocycles. The highest BCUT2D eigenvalue weighted by molar-refractivity contribution is 5.59. The third-order valence-corrected chi connectivity index (χ3v) is 4.44. The van der Waals surface area contributed by atoms with Crippen molar-refractivity contribution in [3.8, 4) is 0 Å². The highest BCUT2D eigenvalue weighted by Gasteiger charge is 2.28. The summed E-state index contributed by atoms with van der Waals surface area (Å²) in [6, 6.07) is 10.0. The zero-order valence-corrected chi connectivity index (χ0v) is 12.1. The van der Waals surface area contributed by atoms with Crippen LogP contribution in [0.2, 0.25) is 0 Å². The third-order valence-electron chi connectivity index (χ3n) is 4.44. The van der Waals surface area contributed by atoms with Crippen molar-refractivity contribution >= 4 is 5.69 Å². The average molecular weight is 246 g/mol. The first kappa shape index (κ1) is 13.4. The van der Waals surface area contributed by atoms with Crippen molar-refractivity contribution in [3.05, 3.63) is 29.8 Å². The molecule has 3 unspecified atom stereocenters. The molecule has 1 aliphatic heterocycles. The highest BCUT2D eigenvalue weighted by atomic mass is 15.2. The largest absolute Gasteiger partial charge is 0.367 e. The van der Waals surface area contributed by atoms with E-state index in [0.29, 0.717) is 12.1 Å². The number of nitrogens with zero attached hydrogens (tertiary/aromatic N) is 1. The number of hydrogen-bond acceptors (Lipinski definition) is 2. The van der Waals surface area contributed by atoms with Gasteiger partial charge in [0.05, 0.1) is 0 Å². The Bertz CT molecular complexity index is 388. The zero-order chi connectivity index (χ0) is 13.1. The SMILES string of the molecule is CCC(C)C(CN1c2ccccc2CC1C)NC. The van der Waals surface area contributed by atoms with Crippen molar-refractivity contribution < 1.29 is 0 Å². The molecular weight excluding hydrogens is 220 g/mol. The van der Waals surface area contributed by atoms with Crippen molar-refractivity contribution in [1.82, 2.24) is 5.32 Å². The minimum absolute atomic E-state index is 0.573.